The molecule has 0 aliphatic heterocycles. The lowest BCUT2D eigenvalue weighted by Crippen LogP contribution is -2.14. The van der Waals surface area contributed by atoms with E-state index in [1.54, 1.807) is 7.05 Å². The van der Waals surface area contributed by atoms with Gasteiger partial charge in [0.25, 0.3) is 10.0 Å². The first-order chi connectivity index (χ1) is 10.8. The number of nitrogens with one attached hydrogen (secondary N) is 1. The fourth-order valence-corrected chi connectivity index (χ4v) is 2.87. The second-order valence-corrected chi connectivity index (χ2v) is 6.50. The minimum absolute atomic E-state index is 0.0258. The van der Waals surface area contributed by atoms with Gasteiger partial charge in [-0.05, 0) is 24.6 Å². The van der Waals surface area contributed by atoms with E-state index in [-0.39, 0.29) is 21.9 Å². The molecule has 1 heterocycles. The number of carboxylic acids is 1. The Kier molecular flexibility index (Phi) is 4.89. The van der Waals surface area contributed by atoms with Crippen molar-refractivity contribution in [1.29, 1.82) is 0 Å². The first-order valence-electron chi connectivity index (χ1n) is 6.85. The molecule has 2 aromatic rings. The summed E-state index contributed by atoms with van der Waals surface area (Å²) in [6.07, 6.45) is 3.28. The van der Waals surface area contributed by atoms with E-state index in [0.717, 1.165) is 6.42 Å². The molecule has 0 radical (unpaired) electrons. The zero-order chi connectivity index (χ0) is 17.0. The van der Waals surface area contributed by atoms with Gasteiger partial charge in [-0.1, -0.05) is 6.92 Å². The minimum Gasteiger partial charge on any atom is -0.491 e. The lowest BCUT2D eigenvalue weighted by molar-refractivity contribution is 0.0697. The number of ether oxygens (including phenoxy) is 1. The first kappa shape index (κ1) is 16.8. The molecule has 0 saturated heterocycles. The van der Waals surface area contributed by atoms with Gasteiger partial charge in [-0.3, -0.25) is 9.40 Å². The van der Waals surface area contributed by atoms with Gasteiger partial charge in [-0.25, -0.2) is 13.2 Å². The summed E-state index contributed by atoms with van der Waals surface area (Å²) < 4.78 is 33.9. The topological polar surface area (TPSA) is 111 Å². The average Bonchev–Trinajstić information content (AvgIpc) is 2.93. The number of carbonyl (C=O) groups is 1. The Balaban J connectivity index is 2.39. The standard InChI is InChI=1S/C14H17N3O5S/c1-3-6-22-13-5-4-10(14(18)19)7-12(13)16-23(20,21)11-8-15-17(2)9-11/h4-5,7-9,16H,3,6H2,1-2H3,(H,18,19). The number of hydrogen-bond acceptors (Lipinski definition) is 5. The number of carboxylic acid groups (broad SMARTS) is 1. The quantitative estimate of drug-likeness (QED) is 0.794. The summed E-state index contributed by atoms with van der Waals surface area (Å²) in [7, 11) is -2.29. The molecule has 2 N–H and O–H groups in total. The summed E-state index contributed by atoms with van der Waals surface area (Å²) in [5.74, 6) is -0.891. The molecule has 0 bridgehead atoms. The first-order valence-corrected chi connectivity index (χ1v) is 8.33. The fraction of sp³-hybridized carbons (Fsp3) is 0.286. The van der Waals surface area contributed by atoms with Crippen molar-refractivity contribution < 1.29 is 23.1 Å². The number of benzene rings is 1. The van der Waals surface area contributed by atoms with Crippen LogP contribution >= 0.6 is 0 Å². The monoisotopic (exact) mass is 339 g/mol. The highest BCUT2D eigenvalue weighted by molar-refractivity contribution is 7.92. The molecule has 0 spiro atoms. The Bertz CT molecular complexity index is 814. The van der Waals surface area contributed by atoms with Crippen molar-refractivity contribution >= 4 is 21.7 Å². The van der Waals surface area contributed by atoms with Crippen molar-refractivity contribution in [3.8, 4) is 5.75 Å². The molecule has 0 aliphatic carbocycles. The smallest absolute Gasteiger partial charge is 0.335 e. The molecule has 9 heteroatoms. The molecule has 1 aromatic heterocycles. The number of aromatic nitrogens is 2. The third-order valence-corrected chi connectivity index (χ3v) is 4.24. The van der Waals surface area contributed by atoms with Crippen LogP contribution in [0.4, 0.5) is 5.69 Å². The van der Waals surface area contributed by atoms with Gasteiger partial charge in [-0.2, -0.15) is 5.10 Å². The molecule has 1 aromatic carbocycles. The van der Waals surface area contributed by atoms with Crippen molar-refractivity contribution in [3.63, 3.8) is 0 Å². The maximum absolute atomic E-state index is 12.4. The van der Waals surface area contributed by atoms with Crippen LogP contribution in [0, 0.1) is 0 Å². The van der Waals surface area contributed by atoms with Crippen LogP contribution in [0.5, 0.6) is 5.75 Å². The van der Waals surface area contributed by atoms with Crippen LogP contribution in [-0.4, -0.2) is 35.9 Å². The van der Waals surface area contributed by atoms with Crippen molar-refractivity contribution in [2.75, 3.05) is 11.3 Å². The van der Waals surface area contributed by atoms with Crippen LogP contribution in [0.15, 0.2) is 35.5 Å². The van der Waals surface area contributed by atoms with Crippen molar-refractivity contribution in [1.82, 2.24) is 9.78 Å². The maximum Gasteiger partial charge on any atom is 0.335 e. The molecule has 2 rings (SSSR count). The summed E-state index contributed by atoms with van der Waals surface area (Å²) in [5, 5.41) is 12.9. The molecule has 0 fully saturated rings. The lowest BCUT2D eigenvalue weighted by Gasteiger charge is -2.13. The van der Waals surface area contributed by atoms with Crippen LogP contribution in [0.2, 0.25) is 0 Å². The van der Waals surface area contributed by atoms with Crippen molar-refractivity contribution in [3.05, 3.63) is 36.2 Å². The second-order valence-electron chi connectivity index (χ2n) is 4.82. The second kappa shape index (κ2) is 6.69. The molecular weight excluding hydrogens is 322 g/mol. The molecule has 8 nitrogen and oxygen atoms in total. The van der Waals surface area contributed by atoms with Gasteiger partial charge >= 0.3 is 5.97 Å². The molecule has 0 atom stereocenters. The fourth-order valence-electron chi connectivity index (χ4n) is 1.82. The number of nitrogens with zero attached hydrogens (tertiary/aromatic N) is 2. The normalized spacial score (nSPS) is 11.2. The Morgan fingerprint density at radius 1 is 1.43 bits per heavy atom. The molecule has 0 unspecified atom stereocenters. The number of aromatic carboxylic acids is 1. The summed E-state index contributed by atoms with van der Waals surface area (Å²) in [4.78, 5) is 11.1. The highest BCUT2D eigenvalue weighted by Gasteiger charge is 2.19. The summed E-state index contributed by atoms with van der Waals surface area (Å²) in [6.45, 7) is 2.29. The van der Waals surface area contributed by atoms with Gasteiger partial charge in [-0.15, -0.1) is 0 Å². The molecule has 0 aliphatic rings. The third-order valence-electron chi connectivity index (χ3n) is 2.92. The lowest BCUT2D eigenvalue weighted by atomic mass is 10.2. The van der Waals surface area contributed by atoms with E-state index in [9.17, 15) is 13.2 Å². The van der Waals surface area contributed by atoms with Crippen LogP contribution in [-0.2, 0) is 17.1 Å². The van der Waals surface area contributed by atoms with Gasteiger partial charge in [0.2, 0.25) is 0 Å². The molecule has 124 valence electrons. The van der Waals surface area contributed by atoms with Gasteiger partial charge in [0.05, 0.1) is 24.1 Å². The summed E-state index contributed by atoms with van der Waals surface area (Å²) >= 11 is 0. The van der Waals surface area contributed by atoms with Crippen LogP contribution in [0.25, 0.3) is 0 Å². The number of sulfonamides is 1. The van der Waals surface area contributed by atoms with Gasteiger partial charge in [0, 0.05) is 13.2 Å². The highest BCUT2D eigenvalue weighted by atomic mass is 32.2. The van der Waals surface area contributed by atoms with E-state index < -0.39 is 16.0 Å². The summed E-state index contributed by atoms with van der Waals surface area (Å²) in [6, 6.07) is 4.01. The number of aryl methyl sites for hydroxylation is 1. The van der Waals surface area contributed by atoms with E-state index in [1.165, 1.54) is 35.3 Å². The predicted molar refractivity (Wildman–Crippen MR) is 83.2 cm³/mol. The molecule has 0 amide bonds. The Labute approximate surface area is 133 Å². The predicted octanol–water partition coefficient (Wildman–Crippen LogP) is 1.71. The maximum atomic E-state index is 12.4. The number of hydrogen-bond donors (Lipinski definition) is 2. The van der Waals surface area contributed by atoms with Crippen LogP contribution < -0.4 is 9.46 Å². The zero-order valence-corrected chi connectivity index (χ0v) is 13.5. The van der Waals surface area contributed by atoms with E-state index in [2.05, 4.69) is 9.82 Å². The summed E-state index contributed by atoms with van der Waals surface area (Å²) in [5.41, 5.74) is 0.0277. The molecule has 0 saturated carbocycles. The minimum atomic E-state index is -3.89. The largest absolute Gasteiger partial charge is 0.491 e. The third kappa shape index (κ3) is 4.01. The zero-order valence-electron chi connectivity index (χ0n) is 12.7. The Morgan fingerprint density at radius 3 is 2.74 bits per heavy atom. The highest BCUT2D eigenvalue weighted by Crippen LogP contribution is 2.28. The van der Waals surface area contributed by atoms with Gasteiger partial charge < -0.3 is 9.84 Å². The van der Waals surface area contributed by atoms with Crippen LogP contribution in [0.1, 0.15) is 23.7 Å². The SMILES string of the molecule is CCCOc1ccc(C(=O)O)cc1NS(=O)(=O)c1cnn(C)c1. The van der Waals surface area contributed by atoms with E-state index in [0.29, 0.717) is 6.61 Å². The Hall–Kier alpha value is -2.55. The van der Waals surface area contributed by atoms with Gasteiger partial charge in [0.1, 0.15) is 10.6 Å². The van der Waals surface area contributed by atoms with Crippen molar-refractivity contribution in [2.24, 2.45) is 7.05 Å². The van der Waals surface area contributed by atoms with Crippen molar-refractivity contribution in [2.45, 2.75) is 18.2 Å². The van der Waals surface area contributed by atoms with E-state index in [1.807, 2.05) is 6.92 Å². The van der Waals surface area contributed by atoms with Crippen LogP contribution in [0.3, 0.4) is 0 Å². The molecular formula is C14H17N3O5S. The molecule has 23 heavy (non-hydrogen) atoms. The van der Waals surface area contributed by atoms with Gasteiger partial charge in [0.15, 0.2) is 0 Å². The Morgan fingerprint density at radius 2 is 2.17 bits per heavy atom. The average molecular weight is 339 g/mol. The van der Waals surface area contributed by atoms with E-state index >= 15 is 0 Å². The van der Waals surface area contributed by atoms with E-state index in [4.69, 9.17) is 9.84 Å². The number of rotatable bonds is 7. The number of anilines is 1.